The van der Waals surface area contributed by atoms with Gasteiger partial charge in [0.15, 0.2) is 0 Å². The van der Waals surface area contributed by atoms with Gasteiger partial charge in [0.05, 0.1) is 5.60 Å². The van der Waals surface area contributed by atoms with Gasteiger partial charge in [-0.2, -0.15) is 0 Å². The molecule has 1 N–H and O–H groups in total. The molecule has 1 atom stereocenters. The number of fused-ring (bicyclic) bond motifs is 1. The minimum Gasteiger partial charge on any atom is -0.385 e. The summed E-state index contributed by atoms with van der Waals surface area (Å²) in [5.41, 5.74) is 3.84. The van der Waals surface area contributed by atoms with Gasteiger partial charge in [-0.25, -0.2) is 0 Å². The van der Waals surface area contributed by atoms with Crippen LogP contribution in [0.2, 0.25) is 0 Å². The average Bonchev–Trinajstić information content (AvgIpc) is 2.82. The lowest BCUT2D eigenvalue weighted by atomic mass is 9.85. The molecule has 3 rings (SSSR count). The molecule has 1 aromatic carbocycles. The predicted molar refractivity (Wildman–Crippen MR) is 70.0 cm³/mol. The molecule has 0 radical (unpaired) electrons. The molecule has 0 aromatic heterocycles. The topological polar surface area (TPSA) is 20.2 Å². The van der Waals surface area contributed by atoms with Crippen LogP contribution < -0.4 is 0 Å². The van der Waals surface area contributed by atoms with Crippen molar-refractivity contribution in [1.29, 1.82) is 0 Å². The third-order valence-electron chi connectivity index (χ3n) is 4.62. The highest BCUT2D eigenvalue weighted by atomic mass is 16.3. The molecule has 1 fully saturated rings. The van der Waals surface area contributed by atoms with Gasteiger partial charge >= 0.3 is 0 Å². The van der Waals surface area contributed by atoms with Crippen molar-refractivity contribution in [2.75, 3.05) is 0 Å². The summed E-state index contributed by atoms with van der Waals surface area (Å²) < 4.78 is 0. The lowest BCUT2D eigenvalue weighted by molar-refractivity contribution is 0.0338. The SMILES string of the molecule is CC1(C)CCC(O)(c2ccc3c(c2)CCC3)C1. The zero-order valence-corrected chi connectivity index (χ0v) is 10.9. The number of aliphatic hydroxyl groups is 1. The summed E-state index contributed by atoms with van der Waals surface area (Å²) in [5, 5.41) is 10.8. The van der Waals surface area contributed by atoms with E-state index in [0.717, 1.165) is 24.8 Å². The Morgan fingerprint density at radius 2 is 1.82 bits per heavy atom. The quantitative estimate of drug-likeness (QED) is 0.782. The van der Waals surface area contributed by atoms with E-state index >= 15 is 0 Å². The molecule has 2 aliphatic rings. The number of hydrogen-bond donors (Lipinski definition) is 1. The smallest absolute Gasteiger partial charge is 0.0902 e. The number of rotatable bonds is 1. The highest BCUT2D eigenvalue weighted by Crippen LogP contribution is 2.49. The lowest BCUT2D eigenvalue weighted by Gasteiger charge is -2.26. The van der Waals surface area contributed by atoms with Crippen molar-refractivity contribution in [3.63, 3.8) is 0 Å². The van der Waals surface area contributed by atoms with Crippen molar-refractivity contribution in [3.05, 3.63) is 34.9 Å². The zero-order valence-electron chi connectivity index (χ0n) is 10.9. The molecule has 0 bridgehead atoms. The summed E-state index contributed by atoms with van der Waals surface area (Å²) >= 11 is 0. The fourth-order valence-electron chi connectivity index (χ4n) is 3.62. The second-order valence-electron chi connectivity index (χ2n) is 6.71. The van der Waals surface area contributed by atoms with Gasteiger partial charge < -0.3 is 5.11 Å². The van der Waals surface area contributed by atoms with Crippen molar-refractivity contribution < 1.29 is 5.11 Å². The molecular formula is C16H22O. The van der Waals surface area contributed by atoms with Gasteiger partial charge in [-0.15, -0.1) is 0 Å². The van der Waals surface area contributed by atoms with Crippen LogP contribution in [-0.2, 0) is 18.4 Å². The average molecular weight is 230 g/mol. The normalized spacial score (nSPS) is 30.5. The molecule has 0 saturated heterocycles. The van der Waals surface area contributed by atoms with Gasteiger partial charge in [0.1, 0.15) is 0 Å². The first-order chi connectivity index (χ1) is 7.99. The third kappa shape index (κ3) is 1.91. The summed E-state index contributed by atoms with van der Waals surface area (Å²) in [6.45, 7) is 4.52. The Labute approximate surface area is 104 Å². The summed E-state index contributed by atoms with van der Waals surface area (Å²) in [6, 6.07) is 6.66. The van der Waals surface area contributed by atoms with Gasteiger partial charge in [0.25, 0.3) is 0 Å². The van der Waals surface area contributed by atoms with E-state index in [2.05, 4.69) is 32.0 Å². The Bertz CT molecular complexity index is 447. The Kier molecular flexibility index (Phi) is 2.38. The molecule has 92 valence electrons. The Morgan fingerprint density at radius 1 is 1.06 bits per heavy atom. The van der Waals surface area contributed by atoms with Gasteiger partial charge in [-0.1, -0.05) is 32.0 Å². The van der Waals surface area contributed by atoms with E-state index in [1.54, 1.807) is 0 Å². The maximum absolute atomic E-state index is 10.8. The van der Waals surface area contributed by atoms with Gasteiger partial charge in [0.2, 0.25) is 0 Å². The first-order valence-electron chi connectivity index (χ1n) is 6.83. The van der Waals surface area contributed by atoms with Crippen molar-refractivity contribution in [1.82, 2.24) is 0 Å². The monoisotopic (exact) mass is 230 g/mol. The molecule has 1 aromatic rings. The fourth-order valence-corrected chi connectivity index (χ4v) is 3.62. The Balaban J connectivity index is 1.94. The maximum atomic E-state index is 10.8. The van der Waals surface area contributed by atoms with Crippen LogP contribution in [0.1, 0.15) is 56.2 Å². The first kappa shape index (κ1) is 11.3. The van der Waals surface area contributed by atoms with Crippen LogP contribution in [0.3, 0.4) is 0 Å². The molecule has 0 aliphatic heterocycles. The van der Waals surface area contributed by atoms with Crippen molar-refractivity contribution >= 4 is 0 Å². The molecule has 0 amide bonds. The maximum Gasteiger partial charge on any atom is 0.0902 e. The van der Waals surface area contributed by atoms with Crippen molar-refractivity contribution in [3.8, 4) is 0 Å². The first-order valence-corrected chi connectivity index (χ1v) is 6.83. The highest BCUT2D eigenvalue weighted by Gasteiger charge is 2.43. The standard InChI is InChI=1S/C16H22O/c1-15(2)8-9-16(17,11-15)14-7-6-12-4-3-5-13(12)10-14/h6-7,10,17H,3-5,8-9,11H2,1-2H3. The molecule has 1 unspecified atom stereocenters. The van der Waals surface area contributed by atoms with Gasteiger partial charge in [0, 0.05) is 0 Å². The van der Waals surface area contributed by atoms with E-state index in [4.69, 9.17) is 0 Å². The molecule has 1 heteroatoms. The van der Waals surface area contributed by atoms with Crippen LogP contribution in [0.4, 0.5) is 0 Å². The third-order valence-corrected chi connectivity index (χ3v) is 4.62. The van der Waals surface area contributed by atoms with Crippen LogP contribution >= 0.6 is 0 Å². The fraction of sp³-hybridized carbons (Fsp3) is 0.625. The molecule has 0 heterocycles. The van der Waals surface area contributed by atoms with E-state index in [9.17, 15) is 5.11 Å². The molecular weight excluding hydrogens is 208 g/mol. The van der Waals surface area contributed by atoms with Crippen LogP contribution in [0.15, 0.2) is 18.2 Å². The zero-order chi connectivity index (χ0) is 12.1. The van der Waals surface area contributed by atoms with Gasteiger partial charge in [-0.3, -0.25) is 0 Å². The summed E-state index contributed by atoms with van der Waals surface area (Å²) in [4.78, 5) is 0. The van der Waals surface area contributed by atoms with E-state index in [0.29, 0.717) is 0 Å². The molecule has 17 heavy (non-hydrogen) atoms. The molecule has 0 spiro atoms. The van der Waals surface area contributed by atoms with Gasteiger partial charge in [-0.05, 0) is 60.6 Å². The molecule has 2 aliphatic carbocycles. The molecule has 1 nitrogen and oxygen atoms in total. The van der Waals surface area contributed by atoms with E-state index in [1.807, 2.05) is 0 Å². The van der Waals surface area contributed by atoms with Crippen LogP contribution in [0, 0.1) is 5.41 Å². The summed E-state index contributed by atoms with van der Waals surface area (Å²) in [6.07, 6.45) is 6.64. The lowest BCUT2D eigenvalue weighted by Crippen LogP contribution is -2.23. The van der Waals surface area contributed by atoms with E-state index in [-0.39, 0.29) is 5.41 Å². The second-order valence-corrected chi connectivity index (χ2v) is 6.71. The number of aryl methyl sites for hydroxylation is 2. The van der Waals surface area contributed by atoms with Crippen LogP contribution in [0.5, 0.6) is 0 Å². The summed E-state index contributed by atoms with van der Waals surface area (Å²) in [5.74, 6) is 0. The molecule has 1 saturated carbocycles. The summed E-state index contributed by atoms with van der Waals surface area (Å²) in [7, 11) is 0. The van der Waals surface area contributed by atoms with Crippen molar-refractivity contribution in [2.24, 2.45) is 5.41 Å². The second kappa shape index (κ2) is 3.58. The minimum atomic E-state index is -0.568. The van der Waals surface area contributed by atoms with E-state index < -0.39 is 5.60 Å². The minimum absolute atomic E-state index is 0.285. The highest BCUT2D eigenvalue weighted by molar-refractivity contribution is 5.38. The number of benzene rings is 1. The largest absolute Gasteiger partial charge is 0.385 e. The predicted octanol–water partition coefficient (Wildman–Crippen LogP) is 3.57. The van der Waals surface area contributed by atoms with Crippen LogP contribution in [-0.4, -0.2) is 5.11 Å². The Hall–Kier alpha value is -0.820. The van der Waals surface area contributed by atoms with Crippen LogP contribution in [0.25, 0.3) is 0 Å². The Morgan fingerprint density at radius 3 is 2.53 bits per heavy atom. The number of hydrogen-bond acceptors (Lipinski definition) is 1. The van der Waals surface area contributed by atoms with E-state index in [1.165, 1.54) is 30.4 Å². The van der Waals surface area contributed by atoms with Crippen molar-refractivity contribution in [2.45, 2.75) is 58.0 Å².